The van der Waals surface area contributed by atoms with Gasteiger partial charge in [0.1, 0.15) is 5.82 Å². The van der Waals surface area contributed by atoms with Crippen LogP contribution in [0.4, 0.5) is 5.13 Å². The minimum Gasteiger partial charge on any atom is -0.344 e. The molecule has 1 aromatic rings. The van der Waals surface area contributed by atoms with E-state index in [0.29, 0.717) is 12.5 Å². The second-order valence-corrected chi connectivity index (χ2v) is 7.75. The van der Waals surface area contributed by atoms with Gasteiger partial charge in [0, 0.05) is 50.2 Å². The summed E-state index contributed by atoms with van der Waals surface area (Å²) in [7, 11) is -3.37. The Kier molecular flexibility index (Phi) is 4.95. The Morgan fingerprint density at radius 3 is 2.45 bits per heavy atom. The summed E-state index contributed by atoms with van der Waals surface area (Å²) < 4.78 is 26.3. The summed E-state index contributed by atoms with van der Waals surface area (Å²) in [4.78, 5) is 8.86. The fraction of sp³-hybridized carbons (Fsp3) is 0.818. The van der Waals surface area contributed by atoms with Gasteiger partial charge in [-0.15, -0.1) is 0 Å². The van der Waals surface area contributed by atoms with Crippen LogP contribution >= 0.6 is 11.5 Å². The largest absolute Gasteiger partial charge is 0.344 e. The zero-order chi connectivity index (χ0) is 14.8. The average Bonchev–Trinajstić information content (AvgIpc) is 2.86. The maximum atomic E-state index is 11.0. The molecule has 0 radical (unpaired) electrons. The van der Waals surface area contributed by atoms with E-state index in [1.54, 1.807) is 0 Å². The van der Waals surface area contributed by atoms with Crippen LogP contribution in [-0.4, -0.2) is 61.2 Å². The van der Waals surface area contributed by atoms with Crippen LogP contribution in [0.25, 0.3) is 0 Å². The molecule has 20 heavy (non-hydrogen) atoms. The summed E-state index contributed by atoms with van der Waals surface area (Å²) in [6.07, 6.45) is 0. The van der Waals surface area contributed by atoms with Gasteiger partial charge < -0.3 is 4.90 Å². The Hall–Kier alpha value is -0.770. The molecule has 1 saturated heterocycles. The minimum atomic E-state index is -3.37. The lowest BCUT2D eigenvalue weighted by Crippen LogP contribution is -2.48. The highest BCUT2D eigenvalue weighted by Gasteiger charge is 2.21. The molecule has 0 spiro atoms. The van der Waals surface area contributed by atoms with Crippen molar-refractivity contribution in [3.8, 4) is 0 Å². The summed E-state index contributed by atoms with van der Waals surface area (Å²) in [5.41, 5.74) is 0. The smallest absolute Gasteiger partial charge is 0.210 e. The van der Waals surface area contributed by atoms with E-state index in [1.165, 1.54) is 11.5 Å². The van der Waals surface area contributed by atoms with Gasteiger partial charge in [-0.3, -0.25) is 4.90 Å². The van der Waals surface area contributed by atoms with Crippen molar-refractivity contribution in [1.82, 2.24) is 14.3 Å². The molecular formula is C11H21N5O2S2. The van der Waals surface area contributed by atoms with E-state index in [1.807, 2.05) is 0 Å². The lowest BCUT2D eigenvalue weighted by atomic mass is 10.2. The second-order valence-electron chi connectivity index (χ2n) is 5.29. The Morgan fingerprint density at radius 2 is 1.95 bits per heavy atom. The summed E-state index contributed by atoms with van der Waals surface area (Å²) in [6.45, 7) is 8.00. The number of nitrogens with zero attached hydrogens (tertiary/aromatic N) is 4. The number of aromatic nitrogens is 2. The summed E-state index contributed by atoms with van der Waals surface area (Å²) >= 11 is 1.43. The topological polar surface area (TPSA) is 92.4 Å². The van der Waals surface area contributed by atoms with Gasteiger partial charge in [-0.2, -0.15) is 4.37 Å². The molecule has 0 unspecified atom stereocenters. The molecule has 1 fully saturated rings. The van der Waals surface area contributed by atoms with Gasteiger partial charge in [-0.1, -0.05) is 13.8 Å². The van der Waals surface area contributed by atoms with Crippen LogP contribution in [0.5, 0.6) is 0 Å². The quantitative estimate of drug-likeness (QED) is 0.826. The molecule has 2 rings (SSSR count). The SMILES string of the molecule is CC(C)c1nsc(N2CCN(CCS(N)(=O)=O)CC2)n1. The number of nitrogens with two attached hydrogens (primary N) is 1. The molecule has 0 aliphatic carbocycles. The lowest BCUT2D eigenvalue weighted by Gasteiger charge is -2.34. The lowest BCUT2D eigenvalue weighted by molar-refractivity contribution is 0.272. The number of hydrogen-bond donors (Lipinski definition) is 1. The average molecular weight is 319 g/mol. The molecule has 9 heteroatoms. The molecule has 2 N–H and O–H groups in total. The highest BCUT2D eigenvalue weighted by atomic mass is 32.2. The predicted octanol–water partition coefficient (Wildman–Crippen LogP) is 0.0720. The number of rotatable bonds is 5. The summed E-state index contributed by atoms with van der Waals surface area (Å²) in [6, 6.07) is 0. The second kappa shape index (κ2) is 6.33. The first-order chi connectivity index (χ1) is 9.35. The Balaban J connectivity index is 1.84. The highest BCUT2D eigenvalue weighted by Crippen LogP contribution is 2.22. The van der Waals surface area contributed by atoms with Gasteiger partial charge in [-0.05, 0) is 0 Å². The van der Waals surface area contributed by atoms with E-state index in [2.05, 4.69) is 33.0 Å². The van der Waals surface area contributed by atoms with E-state index in [4.69, 9.17) is 5.14 Å². The van der Waals surface area contributed by atoms with Gasteiger partial charge in [0.2, 0.25) is 15.2 Å². The van der Waals surface area contributed by atoms with Crippen LogP contribution in [0.2, 0.25) is 0 Å². The van der Waals surface area contributed by atoms with Crippen molar-refractivity contribution in [2.24, 2.45) is 5.14 Å². The van der Waals surface area contributed by atoms with Crippen LogP contribution in [-0.2, 0) is 10.0 Å². The van der Waals surface area contributed by atoms with Gasteiger partial charge in [-0.25, -0.2) is 18.5 Å². The van der Waals surface area contributed by atoms with Crippen LogP contribution in [0, 0.1) is 0 Å². The number of anilines is 1. The number of primary sulfonamides is 1. The molecule has 0 aromatic carbocycles. The van der Waals surface area contributed by atoms with Crippen molar-refractivity contribution in [3.05, 3.63) is 5.82 Å². The van der Waals surface area contributed by atoms with Crippen molar-refractivity contribution in [2.45, 2.75) is 19.8 Å². The van der Waals surface area contributed by atoms with Crippen LogP contribution in [0.1, 0.15) is 25.6 Å². The normalized spacial score (nSPS) is 17.9. The van der Waals surface area contributed by atoms with E-state index < -0.39 is 10.0 Å². The molecule has 114 valence electrons. The van der Waals surface area contributed by atoms with Crippen molar-refractivity contribution in [2.75, 3.05) is 43.4 Å². The first-order valence-corrected chi connectivity index (χ1v) is 9.15. The van der Waals surface area contributed by atoms with Crippen molar-refractivity contribution >= 4 is 26.7 Å². The molecule has 0 bridgehead atoms. The van der Waals surface area contributed by atoms with Crippen molar-refractivity contribution in [1.29, 1.82) is 0 Å². The first-order valence-electron chi connectivity index (χ1n) is 6.66. The fourth-order valence-electron chi connectivity index (χ4n) is 2.01. The Morgan fingerprint density at radius 1 is 1.30 bits per heavy atom. The monoisotopic (exact) mass is 319 g/mol. The maximum Gasteiger partial charge on any atom is 0.210 e. The maximum absolute atomic E-state index is 11.0. The molecule has 0 atom stereocenters. The van der Waals surface area contributed by atoms with Crippen molar-refractivity contribution < 1.29 is 8.42 Å². The molecule has 7 nitrogen and oxygen atoms in total. The molecule has 1 aromatic heterocycles. The van der Waals surface area contributed by atoms with E-state index >= 15 is 0 Å². The highest BCUT2D eigenvalue weighted by molar-refractivity contribution is 7.89. The molecule has 1 aliphatic rings. The molecule has 2 heterocycles. The van der Waals surface area contributed by atoms with Crippen LogP contribution in [0.15, 0.2) is 0 Å². The number of piperazine rings is 1. The van der Waals surface area contributed by atoms with Gasteiger partial charge in [0.25, 0.3) is 0 Å². The number of sulfonamides is 1. The fourth-order valence-corrected chi connectivity index (χ4v) is 3.38. The van der Waals surface area contributed by atoms with Crippen LogP contribution in [0.3, 0.4) is 0 Å². The molecule has 0 saturated carbocycles. The molecule has 0 amide bonds. The third-order valence-electron chi connectivity index (χ3n) is 3.28. The predicted molar refractivity (Wildman–Crippen MR) is 80.6 cm³/mol. The van der Waals surface area contributed by atoms with Crippen LogP contribution < -0.4 is 10.0 Å². The standard InChI is InChI=1S/C11H21N5O2S2/c1-9(2)10-13-11(19-14-10)16-5-3-15(4-6-16)7-8-20(12,17)18/h9H,3-8H2,1-2H3,(H2,12,17,18). The third kappa shape index (κ3) is 4.37. The number of hydrogen-bond acceptors (Lipinski definition) is 7. The van der Waals surface area contributed by atoms with Gasteiger partial charge in [0.05, 0.1) is 5.75 Å². The third-order valence-corrected chi connectivity index (χ3v) is 4.82. The Bertz CT molecular complexity index is 535. The zero-order valence-corrected chi connectivity index (χ0v) is 13.5. The van der Waals surface area contributed by atoms with E-state index in [9.17, 15) is 8.42 Å². The molecular weight excluding hydrogens is 298 g/mol. The van der Waals surface area contributed by atoms with E-state index in [-0.39, 0.29) is 5.75 Å². The zero-order valence-electron chi connectivity index (χ0n) is 11.8. The van der Waals surface area contributed by atoms with Gasteiger partial charge >= 0.3 is 0 Å². The summed E-state index contributed by atoms with van der Waals surface area (Å²) in [5.74, 6) is 1.25. The molecule has 1 aliphatic heterocycles. The van der Waals surface area contributed by atoms with Gasteiger partial charge in [0.15, 0.2) is 0 Å². The van der Waals surface area contributed by atoms with E-state index in [0.717, 1.165) is 37.1 Å². The summed E-state index contributed by atoms with van der Waals surface area (Å²) in [5, 5.41) is 5.98. The Labute approximate surface area is 124 Å². The first kappa shape index (κ1) is 15.6. The van der Waals surface area contributed by atoms with Crippen molar-refractivity contribution in [3.63, 3.8) is 0 Å². The minimum absolute atomic E-state index is 0.0172.